The molecule has 0 aromatic rings. The molecule has 0 aromatic heterocycles. The third kappa shape index (κ3) is 2.35. The van der Waals surface area contributed by atoms with Crippen molar-refractivity contribution in [1.82, 2.24) is 5.32 Å². The van der Waals surface area contributed by atoms with E-state index in [2.05, 4.69) is 18.8 Å². The van der Waals surface area contributed by atoms with Gasteiger partial charge in [-0.15, -0.1) is 6.58 Å². The average molecular weight is 197 g/mol. The first-order chi connectivity index (χ1) is 6.46. The molecule has 1 heterocycles. The molecule has 0 amide bonds. The number of hydrogen-bond acceptors (Lipinski definition) is 2. The lowest BCUT2D eigenvalue weighted by Gasteiger charge is -2.37. The van der Waals surface area contributed by atoms with Gasteiger partial charge in [0.05, 0.1) is 5.41 Å². The fraction of sp³-hybridized carbons (Fsp3) is 0.727. The van der Waals surface area contributed by atoms with Gasteiger partial charge in [-0.25, -0.2) is 0 Å². The van der Waals surface area contributed by atoms with Crippen molar-refractivity contribution in [3.63, 3.8) is 0 Å². The second-order valence-electron chi connectivity index (χ2n) is 4.66. The van der Waals surface area contributed by atoms with Gasteiger partial charge in [-0.3, -0.25) is 4.79 Å². The Kier molecular flexibility index (Phi) is 3.32. The number of nitrogens with one attached hydrogen (secondary N) is 1. The normalized spacial score (nSPS) is 32.6. The van der Waals surface area contributed by atoms with Crippen LogP contribution in [-0.2, 0) is 4.79 Å². The van der Waals surface area contributed by atoms with Crippen molar-refractivity contribution in [2.24, 2.45) is 11.3 Å². The summed E-state index contributed by atoms with van der Waals surface area (Å²) >= 11 is 0. The predicted molar refractivity (Wildman–Crippen MR) is 56.2 cm³/mol. The molecule has 2 atom stereocenters. The van der Waals surface area contributed by atoms with Gasteiger partial charge >= 0.3 is 5.97 Å². The largest absolute Gasteiger partial charge is 0.481 e. The zero-order valence-electron chi connectivity index (χ0n) is 8.97. The first kappa shape index (κ1) is 11.2. The molecule has 2 unspecified atom stereocenters. The van der Waals surface area contributed by atoms with Crippen molar-refractivity contribution in [2.75, 3.05) is 13.1 Å². The molecule has 1 saturated heterocycles. The van der Waals surface area contributed by atoms with Crippen LogP contribution in [-0.4, -0.2) is 24.2 Å². The van der Waals surface area contributed by atoms with Gasteiger partial charge in [-0.2, -0.15) is 0 Å². The Bertz CT molecular complexity index is 250. The van der Waals surface area contributed by atoms with Crippen LogP contribution >= 0.6 is 0 Å². The second kappa shape index (κ2) is 4.13. The van der Waals surface area contributed by atoms with E-state index in [4.69, 9.17) is 0 Å². The van der Waals surface area contributed by atoms with Crippen LogP contribution in [0.15, 0.2) is 12.2 Å². The smallest absolute Gasteiger partial charge is 0.311 e. The fourth-order valence-corrected chi connectivity index (χ4v) is 2.32. The monoisotopic (exact) mass is 197 g/mol. The first-order valence-electron chi connectivity index (χ1n) is 5.05. The van der Waals surface area contributed by atoms with Crippen molar-refractivity contribution in [3.05, 3.63) is 12.2 Å². The molecule has 1 fully saturated rings. The quantitative estimate of drug-likeness (QED) is 0.676. The van der Waals surface area contributed by atoms with Crippen LogP contribution in [0.4, 0.5) is 0 Å². The summed E-state index contributed by atoms with van der Waals surface area (Å²) in [6.45, 7) is 9.28. The fourth-order valence-electron chi connectivity index (χ4n) is 2.32. The van der Waals surface area contributed by atoms with Crippen LogP contribution in [0.1, 0.15) is 26.7 Å². The third-order valence-electron chi connectivity index (χ3n) is 2.79. The molecular weight excluding hydrogens is 178 g/mol. The molecule has 80 valence electrons. The topological polar surface area (TPSA) is 49.3 Å². The zero-order valence-corrected chi connectivity index (χ0v) is 8.97. The predicted octanol–water partition coefficient (Wildman–Crippen LogP) is 1.65. The lowest BCUT2D eigenvalue weighted by atomic mass is 9.73. The molecule has 0 saturated carbocycles. The van der Waals surface area contributed by atoms with Crippen LogP contribution in [0.5, 0.6) is 0 Å². The number of carboxylic acid groups (broad SMARTS) is 1. The number of hydrogen-bond donors (Lipinski definition) is 2. The standard InChI is InChI=1S/C11H19NO2/c1-8(2)4-11(10(13)14)5-9(3)6-12-7-11/h9,12H,1,4-7H2,2-3H3,(H,13,14). The van der Waals surface area contributed by atoms with Crippen molar-refractivity contribution >= 4 is 5.97 Å². The highest BCUT2D eigenvalue weighted by molar-refractivity contribution is 5.75. The van der Waals surface area contributed by atoms with Crippen molar-refractivity contribution in [1.29, 1.82) is 0 Å². The van der Waals surface area contributed by atoms with E-state index in [-0.39, 0.29) is 0 Å². The van der Waals surface area contributed by atoms with Gasteiger partial charge in [0.25, 0.3) is 0 Å². The van der Waals surface area contributed by atoms with Gasteiger partial charge < -0.3 is 10.4 Å². The van der Waals surface area contributed by atoms with Crippen LogP contribution in [0.3, 0.4) is 0 Å². The highest BCUT2D eigenvalue weighted by Crippen LogP contribution is 2.35. The van der Waals surface area contributed by atoms with Gasteiger partial charge in [0.2, 0.25) is 0 Å². The number of carbonyl (C=O) groups is 1. The van der Waals surface area contributed by atoms with E-state index in [1.54, 1.807) is 0 Å². The summed E-state index contributed by atoms with van der Waals surface area (Å²) in [6.07, 6.45) is 1.34. The lowest BCUT2D eigenvalue weighted by Crippen LogP contribution is -2.48. The maximum atomic E-state index is 11.3. The molecule has 1 aliphatic heterocycles. The molecule has 3 heteroatoms. The minimum absolute atomic E-state index is 0.430. The highest BCUT2D eigenvalue weighted by atomic mass is 16.4. The van der Waals surface area contributed by atoms with Crippen LogP contribution in [0.2, 0.25) is 0 Å². The van der Waals surface area contributed by atoms with E-state index in [0.717, 1.165) is 18.5 Å². The molecule has 2 N–H and O–H groups in total. The molecule has 14 heavy (non-hydrogen) atoms. The Balaban J connectivity index is 2.80. The Morgan fingerprint density at radius 1 is 1.71 bits per heavy atom. The summed E-state index contributed by atoms with van der Waals surface area (Å²) in [5.74, 6) is -0.265. The molecule has 3 nitrogen and oxygen atoms in total. The van der Waals surface area contributed by atoms with E-state index < -0.39 is 11.4 Å². The molecule has 1 rings (SSSR count). The summed E-state index contributed by atoms with van der Waals surface area (Å²) in [5.41, 5.74) is 0.326. The average Bonchev–Trinajstić information content (AvgIpc) is 2.02. The van der Waals surface area contributed by atoms with E-state index in [0.29, 0.717) is 18.9 Å². The number of carboxylic acids is 1. The van der Waals surface area contributed by atoms with Crippen molar-refractivity contribution in [3.8, 4) is 0 Å². The number of allylic oxidation sites excluding steroid dienone is 1. The zero-order chi connectivity index (χ0) is 10.8. The number of piperidine rings is 1. The molecular formula is C11H19NO2. The summed E-state index contributed by atoms with van der Waals surface area (Å²) in [4.78, 5) is 11.3. The van der Waals surface area contributed by atoms with Crippen LogP contribution in [0, 0.1) is 11.3 Å². The Morgan fingerprint density at radius 3 is 2.79 bits per heavy atom. The number of rotatable bonds is 3. The van der Waals surface area contributed by atoms with E-state index in [1.807, 2.05) is 6.92 Å². The van der Waals surface area contributed by atoms with Crippen molar-refractivity contribution < 1.29 is 9.90 Å². The van der Waals surface area contributed by atoms with Crippen LogP contribution in [0.25, 0.3) is 0 Å². The summed E-state index contributed by atoms with van der Waals surface area (Å²) in [7, 11) is 0. The molecule has 1 aliphatic rings. The second-order valence-corrected chi connectivity index (χ2v) is 4.66. The van der Waals surface area contributed by atoms with E-state index in [1.165, 1.54) is 0 Å². The molecule has 0 aliphatic carbocycles. The van der Waals surface area contributed by atoms with E-state index >= 15 is 0 Å². The van der Waals surface area contributed by atoms with Gasteiger partial charge in [-0.05, 0) is 32.2 Å². The van der Waals surface area contributed by atoms with Gasteiger partial charge in [-0.1, -0.05) is 12.5 Å². The minimum Gasteiger partial charge on any atom is -0.481 e. The number of aliphatic carboxylic acids is 1. The summed E-state index contributed by atoms with van der Waals surface area (Å²) in [5, 5.41) is 12.5. The van der Waals surface area contributed by atoms with Gasteiger partial charge in [0.15, 0.2) is 0 Å². The first-order valence-corrected chi connectivity index (χ1v) is 5.05. The minimum atomic E-state index is -0.695. The van der Waals surface area contributed by atoms with Crippen LogP contribution < -0.4 is 5.32 Å². The maximum Gasteiger partial charge on any atom is 0.311 e. The van der Waals surface area contributed by atoms with E-state index in [9.17, 15) is 9.90 Å². The van der Waals surface area contributed by atoms with Gasteiger partial charge in [0, 0.05) is 6.54 Å². The molecule has 0 bridgehead atoms. The maximum absolute atomic E-state index is 11.3. The summed E-state index contributed by atoms with van der Waals surface area (Å²) in [6, 6.07) is 0. The Hall–Kier alpha value is -0.830. The lowest BCUT2D eigenvalue weighted by molar-refractivity contribution is -0.150. The third-order valence-corrected chi connectivity index (χ3v) is 2.79. The Labute approximate surface area is 85.2 Å². The van der Waals surface area contributed by atoms with Gasteiger partial charge in [0.1, 0.15) is 0 Å². The SMILES string of the molecule is C=C(C)CC1(C(=O)O)CNCC(C)C1. The molecule has 0 radical (unpaired) electrons. The van der Waals surface area contributed by atoms with Crippen molar-refractivity contribution in [2.45, 2.75) is 26.7 Å². The summed E-state index contributed by atoms with van der Waals surface area (Å²) < 4.78 is 0. The Morgan fingerprint density at radius 2 is 2.36 bits per heavy atom. The highest BCUT2D eigenvalue weighted by Gasteiger charge is 2.41. The molecule has 0 spiro atoms. The molecule has 0 aromatic carbocycles.